The highest BCUT2D eigenvalue weighted by molar-refractivity contribution is 7.99. The number of carbonyl (C=O) groups is 1. The molecule has 152 valence electrons. The lowest BCUT2D eigenvalue weighted by atomic mass is 10.2. The van der Waals surface area contributed by atoms with Gasteiger partial charge in [-0.25, -0.2) is 0 Å². The summed E-state index contributed by atoms with van der Waals surface area (Å²) in [5, 5.41) is 12.4. The van der Waals surface area contributed by atoms with Crippen molar-refractivity contribution in [2.45, 2.75) is 25.2 Å². The Hall–Kier alpha value is -1.93. The van der Waals surface area contributed by atoms with Gasteiger partial charge < -0.3 is 14.5 Å². The maximum absolute atomic E-state index is 12.1. The van der Waals surface area contributed by atoms with Crippen LogP contribution >= 0.6 is 46.6 Å². The number of hydrogen-bond donors (Lipinski definition) is 1. The molecule has 0 saturated carbocycles. The van der Waals surface area contributed by atoms with Crippen molar-refractivity contribution in [3.05, 3.63) is 62.9 Å². The van der Waals surface area contributed by atoms with E-state index in [1.54, 1.807) is 37.3 Å². The van der Waals surface area contributed by atoms with Crippen LogP contribution in [-0.4, -0.2) is 21.9 Å². The lowest BCUT2D eigenvalue weighted by Crippen LogP contribution is -2.14. The molecule has 3 aromatic rings. The number of nitrogens with one attached hydrogen (secondary N) is 1. The minimum absolute atomic E-state index is 0.103. The van der Waals surface area contributed by atoms with Crippen LogP contribution in [0.25, 0.3) is 0 Å². The number of anilines is 1. The van der Waals surface area contributed by atoms with Crippen LogP contribution in [0, 0.1) is 6.92 Å². The minimum Gasteiger partial charge on any atom is -0.479 e. The summed E-state index contributed by atoms with van der Waals surface area (Å²) in [6, 6.07) is 10.2. The number of amides is 1. The average Bonchev–Trinajstić information content (AvgIpc) is 3.14. The highest BCUT2D eigenvalue weighted by atomic mass is 35.5. The first-order valence-electron chi connectivity index (χ1n) is 8.45. The fourth-order valence-corrected chi connectivity index (χ4v) is 3.45. The van der Waals surface area contributed by atoms with Crippen LogP contribution in [0.3, 0.4) is 0 Å². The van der Waals surface area contributed by atoms with E-state index in [4.69, 9.17) is 44.0 Å². The van der Waals surface area contributed by atoms with Crippen molar-refractivity contribution in [2.24, 2.45) is 0 Å². The molecule has 0 spiro atoms. The number of halogens is 3. The third kappa shape index (κ3) is 6.02. The number of hydrogen-bond acceptors (Lipinski definition) is 6. The molecule has 1 aromatic heterocycles. The second-order valence-corrected chi connectivity index (χ2v) is 8.22. The number of benzene rings is 2. The standard InChI is InChI=1S/C19H16Cl3N3O3S/c1-10-3-5-13(8-14(10)21)23-17(26)9-29-19-25-24-18(28-19)11(2)27-16-6-4-12(20)7-15(16)22/h3-8,11H,9H2,1-2H3,(H,23,26)/t11-/m0/s1. The molecule has 0 radical (unpaired) electrons. The summed E-state index contributed by atoms with van der Waals surface area (Å²) in [4.78, 5) is 12.1. The summed E-state index contributed by atoms with van der Waals surface area (Å²) < 4.78 is 11.3. The molecule has 0 bridgehead atoms. The van der Waals surface area contributed by atoms with Gasteiger partial charge in [-0.15, -0.1) is 10.2 Å². The second kappa shape index (κ2) is 9.71. The van der Waals surface area contributed by atoms with Crippen molar-refractivity contribution in [1.82, 2.24) is 10.2 Å². The molecular weight excluding hydrogens is 457 g/mol. The number of rotatable bonds is 7. The van der Waals surface area contributed by atoms with E-state index in [1.807, 2.05) is 13.0 Å². The van der Waals surface area contributed by atoms with Gasteiger partial charge in [0.2, 0.25) is 5.91 Å². The third-order valence-corrected chi connectivity index (χ3v) is 5.51. The molecule has 1 atom stereocenters. The van der Waals surface area contributed by atoms with Gasteiger partial charge in [-0.1, -0.05) is 52.6 Å². The average molecular weight is 473 g/mol. The number of nitrogens with zero attached hydrogens (tertiary/aromatic N) is 2. The van der Waals surface area contributed by atoms with Crippen LogP contribution in [0.2, 0.25) is 15.1 Å². The number of ether oxygens (including phenoxy) is 1. The lowest BCUT2D eigenvalue weighted by molar-refractivity contribution is -0.113. The number of aromatic nitrogens is 2. The molecule has 0 unspecified atom stereocenters. The molecule has 3 rings (SSSR count). The van der Waals surface area contributed by atoms with Gasteiger partial charge in [0.25, 0.3) is 11.1 Å². The Kier molecular flexibility index (Phi) is 7.29. The maximum atomic E-state index is 12.1. The highest BCUT2D eigenvalue weighted by Gasteiger charge is 2.18. The van der Waals surface area contributed by atoms with Crippen LogP contribution in [0.15, 0.2) is 46.0 Å². The van der Waals surface area contributed by atoms with E-state index in [2.05, 4.69) is 15.5 Å². The van der Waals surface area contributed by atoms with Crippen molar-refractivity contribution in [3.8, 4) is 5.75 Å². The highest BCUT2D eigenvalue weighted by Crippen LogP contribution is 2.31. The predicted octanol–water partition coefficient (Wildman–Crippen LogP) is 6.21. The Morgan fingerprint density at radius 3 is 2.69 bits per heavy atom. The van der Waals surface area contributed by atoms with Gasteiger partial charge >= 0.3 is 0 Å². The normalized spacial score (nSPS) is 11.9. The molecule has 10 heteroatoms. The monoisotopic (exact) mass is 471 g/mol. The van der Waals surface area contributed by atoms with Crippen LogP contribution in [0.4, 0.5) is 5.69 Å². The minimum atomic E-state index is -0.529. The maximum Gasteiger partial charge on any atom is 0.277 e. The molecule has 1 amide bonds. The van der Waals surface area contributed by atoms with E-state index in [0.717, 1.165) is 17.3 Å². The van der Waals surface area contributed by atoms with Gasteiger partial charge in [0.1, 0.15) is 5.75 Å². The fraction of sp³-hybridized carbons (Fsp3) is 0.211. The largest absolute Gasteiger partial charge is 0.479 e. The Labute approximate surface area is 186 Å². The first kappa shape index (κ1) is 21.8. The topological polar surface area (TPSA) is 77.2 Å². The molecule has 1 heterocycles. The summed E-state index contributed by atoms with van der Waals surface area (Å²) in [5.74, 6) is 0.606. The summed E-state index contributed by atoms with van der Waals surface area (Å²) in [5.41, 5.74) is 1.56. The van der Waals surface area contributed by atoms with Gasteiger partial charge in [-0.05, 0) is 49.7 Å². The summed E-state index contributed by atoms with van der Waals surface area (Å²) in [6.07, 6.45) is -0.529. The Morgan fingerprint density at radius 2 is 1.97 bits per heavy atom. The molecule has 0 aliphatic heterocycles. The van der Waals surface area contributed by atoms with E-state index in [-0.39, 0.29) is 22.8 Å². The number of thioether (sulfide) groups is 1. The van der Waals surface area contributed by atoms with E-state index in [9.17, 15) is 4.79 Å². The van der Waals surface area contributed by atoms with Crippen LogP contribution in [0.1, 0.15) is 24.5 Å². The van der Waals surface area contributed by atoms with Gasteiger partial charge in [0.15, 0.2) is 6.10 Å². The molecule has 2 aromatic carbocycles. The SMILES string of the molecule is Cc1ccc(NC(=O)CSc2nnc([C@H](C)Oc3ccc(Cl)cc3Cl)o2)cc1Cl. The summed E-state index contributed by atoms with van der Waals surface area (Å²) in [6.45, 7) is 3.64. The Balaban J connectivity index is 1.54. The zero-order valence-electron chi connectivity index (χ0n) is 15.4. The van der Waals surface area contributed by atoms with Crippen molar-refractivity contribution in [1.29, 1.82) is 0 Å². The molecule has 6 nitrogen and oxygen atoms in total. The first-order chi connectivity index (χ1) is 13.8. The van der Waals surface area contributed by atoms with E-state index in [0.29, 0.717) is 26.5 Å². The van der Waals surface area contributed by atoms with Gasteiger partial charge in [-0.3, -0.25) is 4.79 Å². The fourth-order valence-electron chi connectivity index (χ4n) is 2.25. The Bertz CT molecular complexity index is 1030. The number of aryl methyl sites for hydroxylation is 1. The second-order valence-electron chi connectivity index (χ2n) is 6.04. The van der Waals surface area contributed by atoms with Crippen molar-refractivity contribution < 1.29 is 13.9 Å². The van der Waals surface area contributed by atoms with Gasteiger partial charge in [0, 0.05) is 15.7 Å². The van der Waals surface area contributed by atoms with Crippen LogP contribution < -0.4 is 10.1 Å². The number of carbonyl (C=O) groups excluding carboxylic acids is 1. The zero-order valence-corrected chi connectivity index (χ0v) is 18.5. The van der Waals surface area contributed by atoms with Crippen molar-refractivity contribution >= 4 is 58.2 Å². The van der Waals surface area contributed by atoms with E-state index >= 15 is 0 Å². The van der Waals surface area contributed by atoms with Crippen LogP contribution in [0.5, 0.6) is 5.75 Å². The molecule has 29 heavy (non-hydrogen) atoms. The third-order valence-electron chi connectivity index (χ3n) is 3.75. The van der Waals surface area contributed by atoms with Crippen molar-refractivity contribution in [3.63, 3.8) is 0 Å². The Morgan fingerprint density at radius 1 is 1.17 bits per heavy atom. The summed E-state index contributed by atoms with van der Waals surface area (Å²) >= 11 is 19.2. The smallest absolute Gasteiger partial charge is 0.277 e. The van der Waals surface area contributed by atoms with Gasteiger partial charge in [0.05, 0.1) is 10.8 Å². The van der Waals surface area contributed by atoms with E-state index < -0.39 is 6.10 Å². The summed E-state index contributed by atoms with van der Waals surface area (Å²) in [7, 11) is 0. The van der Waals surface area contributed by atoms with Crippen molar-refractivity contribution in [2.75, 3.05) is 11.1 Å². The molecule has 0 saturated heterocycles. The predicted molar refractivity (Wildman–Crippen MR) is 115 cm³/mol. The zero-order chi connectivity index (χ0) is 21.0. The molecule has 0 aliphatic carbocycles. The quantitative estimate of drug-likeness (QED) is 0.412. The van der Waals surface area contributed by atoms with Gasteiger partial charge in [-0.2, -0.15) is 0 Å². The van der Waals surface area contributed by atoms with E-state index in [1.165, 1.54) is 0 Å². The van der Waals surface area contributed by atoms with Crippen LogP contribution in [-0.2, 0) is 4.79 Å². The molecule has 1 N–H and O–H groups in total. The first-order valence-corrected chi connectivity index (χ1v) is 10.6. The molecule has 0 aliphatic rings. The molecule has 0 fully saturated rings. The molecular formula is C19H16Cl3N3O3S. The lowest BCUT2D eigenvalue weighted by Gasteiger charge is -2.12.